The second-order valence-electron chi connectivity index (χ2n) is 10.7. The average Bonchev–Trinajstić information content (AvgIpc) is 3.87. The zero-order chi connectivity index (χ0) is 34.1. The van der Waals surface area contributed by atoms with E-state index in [1.54, 1.807) is 34.8 Å². The summed E-state index contributed by atoms with van der Waals surface area (Å²) >= 11 is 6.18. The van der Waals surface area contributed by atoms with Gasteiger partial charge in [-0.25, -0.2) is 9.59 Å². The third-order valence-electron chi connectivity index (χ3n) is 7.56. The van der Waals surface area contributed by atoms with Crippen molar-refractivity contribution in [2.75, 3.05) is 4.90 Å². The standard InChI is InChI=1S/C38H21N3O4S4/c39-20-24(37(42)43)14-29-16-33-35(46-29)18-31(48-33)22-6-10-27(11-7-22)41(26-4-2-1-3-5-26)28-12-8-23(9-13-28)32-19-36-34(49-32)17-30(47-36)15-25(21-40)38(44)45/h1-19H,(H,42,43)(H,44,45)/b24-14+,25-15+. The first-order valence-electron chi connectivity index (χ1n) is 14.6. The van der Waals surface area contributed by atoms with Crippen LogP contribution in [0.15, 0.2) is 114 Å². The van der Waals surface area contributed by atoms with Gasteiger partial charge in [0.25, 0.3) is 0 Å². The largest absolute Gasteiger partial charge is 0.477 e. The minimum atomic E-state index is -1.23. The van der Waals surface area contributed by atoms with E-state index in [4.69, 9.17) is 10.5 Å². The van der Waals surface area contributed by atoms with Gasteiger partial charge in [-0.15, -0.1) is 45.3 Å². The summed E-state index contributed by atoms with van der Waals surface area (Å²) in [6, 6.07) is 38.5. The fourth-order valence-corrected chi connectivity index (χ4v) is 9.99. The Morgan fingerprint density at radius 3 is 1.31 bits per heavy atom. The van der Waals surface area contributed by atoms with Crippen LogP contribution in [0.25, 0.3) is 51.8 Å². The first-order valence-corrected chi connectivity index (χ1v) is 17.9. The van der Waals surface area contributed by atoms with Crippen LogP contribution in [0.2, 0.25) is 0 Å². The number of para-hydroxylation sites is 1. The van der Waals surface area contributed by atoms with E-state index in [9.17, 15) is 19.8 Å². The number of hydrogen-bond acceptors (Lipinski definition) is 9. The number of carbonyl (C=O) groups is 2. The third-order valence-corrected chi connectivity index (χ3v) is 12.1. The van der Waals surface area contributed by atoms with Crippen LogP contribution >= 0.6 is 45.3 Å². The van der Waals surface area contributed by atoms with Crippen molar-refractivity contribution in [2.24, 2.45) is 0 Å². The molecule has 3 aromatic carbocycles. The van der Waals surface area contributed by atoms with Crippen molar-refractivity contribution < 1.29 is 19.8 Å². The highest BCUT2D eigenvalue weighted by Crippen LogP contribution is 2.42. The van der Waals surface area contributed by atoms with Crippen LogP contribution in [0.5, 0.6) is 0 Å². The number of carboxylic acids is 2. The SMILES string of the molecule is N#C/C(=C\c1cc2sc(-c3ccc(N(c4ccccc4)c4ccc(-c5cc6sc(/C=C(\C#N)C(=O)O)cc6s5)cc4)cc3)cc2s1)C(=O)O. The van der Waals surface area contributed by atoms with E-state index in [1.807, 2.05) is 30.3 Å². The molecular formula is C38H21N3O4S4. The Morgan fingerprint density at radius 1 is 0.551 bits per heavy atom. The second kappa shape index (κ2) is 13.4. The van der Waals surface area contributed by atoms with Crippen molar-refractivity contribution in [3.63, 3.8) is 0 Å². The average molecular weight is 712 g/mol. The summed E-state index contributed by atoms with van der Waals surface area (Å²) in [6.07, 6.45) is 2.82. The number of rotatable bonds is 9. The number of fused-ring (bicyclic) bond motifs is 2. The first-order chi connectivity index (χ1) is 23.8. The molecule has 4 aromatic heterocycles. The summed E-state index contributed by atoms with van der Waals surface area (Å²) in [4.78, 5) is 28.3. The molecule has 0 saturated carbocycles. The molecule has 7 nitrogen and oxygen atoms in total. The Hall–Kier alpha value is -5.82. The van der Waals surface area contributed by atoms with E-state index in [-0.39, 0.29) is 11.1 Å². The van der Waals surface area contributed by atoms with Gasteiger partial charge in [-0.05, 0) is 83.9 Å². The van der Waals surface area contributed by atoms with E-state index in [1.165, 1.54) is 34.8 Å². The lowest BCUT2D eigenvalue weighted by molar-refractivity contribution is -0.133. The maximum atomic E-state index is 11.2. The van der Waals surface area contributed by atoms with Gasteiger partial charge in [0.15, 0.2) is 0 Å². The van der Waals surface area contributed by atoms with Gasteiger partial charge in [-0.2, -0.15) is 10.5 Å². The molecule has 0 aliphatic heterocycles. The zero-order valence-corrected chi connectivity index (χ0v) is 28.4. The minimum Gasteiger partial charge on any atom is -0.477 e. The lowest BCUT2D eigenvalue weighted by Gasteiger charge is -2.25. The normalized spacial score (nSPS) is 11.8. The lowest BCUT2D eigenvalue weighted by Crippen LogP contribution is -2.09. The van der Waals surface area contributed by atoms with Gasteiger partial charge in [0.1, 0.15) is 23.3 Å². The molecule has 7 rings (SSSR count). The Morgan fingerprint density at radius 2 is 0.939 bits per heavy atom. The van der Waals surface area contributed by atoms with E-state index < -0.39 is 11.9 Å². The molecule has 0 aliphatic rings. The Balaban J connectivity index is 1.15. The van der Waals surface area contributed by atoms with Crippen LogP contribution in [-0.4, -0.2) is 22.2 Å². The number of anilines is 3. The number of nitrogens with zero attached hydrogens (tertiary/aromatic N) is 3. The van der Waals surface area contributed by atoms with Crippen molar-refractivity contribution in [3.8, 4) is 33.0 Å². The van der Waals surface area contributed by atoms with E-state index >= 15 is 0 Å². The second-order valence-corrected chi connectivity index (χ2v) is 15.1. The van der Waals surface area contributed by atoms with Gasteiger partial charge in [-0.1, -0.05) is 42.5 Å². The smallest absolute Gasteiger partial charge is 0.346 e. The molecule has 7 aromatic rings. The predicted molar refractivity (Wildman–Crippen MR) is 201 cm³/mol. The molecule has 0 spiro atoms. The number of thiophene rings is 4. The highest BCUT2D eigenvalue weighted by molar-refractivity contribution is 7.30. The summed E-state index contributed by atoms with van der Waals surface area (Å²) in [7, 11) is 0. The van der Waals surface area contributed by atoms with Crippen LogP contribution < -0.4 is 4.90 Å². The number of nitriles is 2. The molecule has 49 heavy (non-hydrogen) atoms. The van der Waals surface area contributed by atoms with Crippen molar-refractivity contribution in [2.45, 2.75) is 0 Å². The van der Waals surface area contributed by atoms with Gasteiger partial charge in [-0.3, -0.25) is 0 Å². The molecule has 0 unspecified atom stereocenters. The summed E-state index contributed by atoms with van der Waals surface area (Å²) in [5.74, 6) is -2.46. The number of benzene rings is 3. The molecule has 0 aliphatic carbocycles. The third kappa shape index (κ3) is 6.52. The van der Waals surface area contributed by atoms with Crippen LogP contribution in [-0.2, 0) is 9.59 Å². The topological polar surface area (TPSA) is 125 Å². The molecular weight excluding hydrogens is 691 g/mol. The van der Waals surface area contributed by atoms with Crippen LogP contribution in [0.3, 0.4) is 0 Å². The molecule has 0 radical (unpaired) electrons. The molecule has 0 amide bonds. The summed E-state index contributed by atoms with van der Waals surface area (Å²) in [5, 5.41) is 36.5. The fraction of sp³-hybridized carbons (Fsp3) is 0. The highest BCUT2D eigenvalue weighted by Gasteiger charge is 2.16. The number of carboxylic acid groups (broad SMARTS) is 2. The molecule has 11 heteroatoms. The Labute approximate surface area is 296 Å². The first kappa shape index (κ1) is 31.8. The molecule has 2 N–H and O–H groups in total. The number of hydrogen-bond donors (Lipinski definition) is 2. The van der Waals surface area contributed by atoms with Crippen LogP contribution in [0, 0.1) is 22.7 Å². The monoisotopic (exact) mass is 711 g/mol. The fourth-order valence-electron chi connectivity index (χ4n) is 5.28. The molecule has 0 atom stereocenters. The van der Waals surface area contributed by atoms with E-state index in [0.29, 0.717) is 0 Å². The Kier molecular flexibility index (Phi) is 8.66. The van der Waals surface area contributed by atoms with Crippen LogP contribution in [0.4, 0.5) is 17.1 Å². The molecule has 236 valence electrons. The molecule has 4 heterocycles. The van der Waals surface area contributed by atoms with Crippen molar-refractivity contribution in [1.82, 2.24) is 0 Å². The quantitative estimate of drug-likeness (QED) is 0.113. The lowest BCUT2D eigenvalue weighted by atomic mass is 10.1. The number of aliphatic carboxylic acids is 2. The molecule has 0 bridgehead atoms. The van der Waals surface area contributed by atoms with Crippen molar-refractivity contribution in [1.29, 1.82) is 10.5 Å². The predicted octanol–water partition coefficient (Wildman–Crippen LogP) is 11.0. The minimum absolute atomic E-state index is 0.284. The van der Waals surface area contributed by atoms with Gasteiger partial charge in [0.2, 0.25) is 0 Å². The van der Waals surface area contributed by atoms with E-state index in [0.717, 1.165) is 66.5 Å². The zero-order valence-electron chi connectivity index (χ0n) is 25.2. The van der Waals surface area contributed by atoms with Crippen molar-refractivity contribution in [3.05, 3.63) is 124 Å². The van der Waals surface area contributed by atoms with Gasteiger partial charge < -0.3 is 15.1 Å². The highest BCUT2D eigenvalue weighted by atomic mass is 32.1. The van der Waals surface area contributed by atoms with Crippen LogP contribution in [0.1, 0.15) is 9.75 Å². The molecule has 0 fully saturated rings. The Bertz CT molecular complexity index is 2300. The summed E-state index contributed by atoms with van der Waals surface area (Å²) < 4.78 is 4.16. The van der Waals surface area contributed by atoms with E-state index in [2.05, 4.69) is 77.7 Å². The summed E-state index contributed by atoms with van der Waals surface area (Å²) in [6.45, 7) is 0. The van der Waals surface area contributed by atoms with Crippen molar-refractivity contribution >= 4 is 105 Å². The maximum Gasteiger partial charge on any atom is 0.346 e. The maximum absolute atomic E-state index is 11.2. The van der Waals surface area contributed by atoms with Gasteiger partial charge >= 0.3 is 11.9 Å². The van der Waals surface area contributed by atoms with Gasteiger partial charge in [0.05, 0.1) is 0 Å². The molecule has 0 saturated heterocycles. The summed E-state index contributed by atoms with van der Waals surface area (Å²) in [5.41, 5.74) is 4.60. The van der Waals surface area contributed by atoms with Gasteiger partial charge in [0, 0.05) is 55.4 Å².